The van der Waals surface area contributed by atoms with Gasteiger partial charge in [-0.2, -0.15) is 14.0 Å². The molecule has 0 aliphatic rings. The lowest BCUT2D eigenvalue weighted by molar-refractivity contribution is -0.191. The first kappa shape index (κ1) is 16.1. The molecule has 18 heavy (non-hydrogen) atoms. The third kappa shape index (κ3) is 4.55. The van der Waals surface area contributed by atoms with Gasteiger partial charge in [-0.25, -0.2) is 4.98 Å². The minimum absolute atomic E-state index is 0.135. The molecule has 0 fully saturated rings. The Morgan fingerprint density at radius 2 is 2.00 bits per heavy atom. The molecule has 0 aromatic carbocycles. The van der Waals surface area contributed by atoms with Gasteiger partial charge in [0, 0.05) is 18.0 Å². The van der Waals surface area contributed by atoms with Gasteiger partial charge in [-0.15, -0.1) is 0 Å². The number of nitrogens with zero attached hydrogens (tertiary/aromatic N) is 1. The van der Waals surface area contributed by atoms with E-state index in [1.807, 2.05) is 20.8 Å². The lowest BCUT2D eigenvalue weighted by Gasteiger charge is -2.23. The fraction of sp³-hybridized carbons (Fsp3) is 0.462. The Morgan fingerprint density at radius 3 is 2.44 bits per heavy atom. The van der Waals surface area contributed by atoms with Crippen LogP contribution < -0.4 is 0 Å². The van der Waals surface area contributed by atoms with E-state index in [9.17, 15) is 9.18 Å². The summed E-state index contributed by atoms with van der Waals surface area (Å²) < 4.78 is 12.9. The van der Waals surface area contributed by atoms with Crippen molar-refractivity contribution >= 4 is 11.9 Å². The normalized spacial score (nSPS) is 10.0. The first-order chi connectivity index (χ1) is 8.39. The second kappa shape index (κ2) is 7.45. The van der Waals surface area contributed by atoms with Crippen LogP contribution in [0.3, 0.4) is 0 Å². The number of Topliss-reactive ketones (excluding diaryl/α,β-unsaturated/α-hetero) is 1. The quantitative estimate of drug-likeness (QED) is 0.772. The van der Waals surface area contributed by atoms with Crippen molar-refractivity contribution in [1.29, 1.82) is 0 Å². The largest absolute Gasteiger partial charge is 0.373 e. The highest BCUT2D eigenvalue weighted by molar-refractivity contribution is 5.89. The summed E-state index contributed by atoms with van der Waals surface area (Å²) >= 11 is 0. The smallest absolute Gasteiger partial charge is 0.299 e. The molecule has 1 aromatic rings. The van der Waals surface area contributed by atoms with E-state index in [-0.39, 0.29) is 11.9 Å². The van der Waals surface area contributed by atoms with Crippen molar-refractivity contribution in [1.82, 2.24) is 4.98 Å². The number of pyridine rings is 1. The summed E-state index contributed by atoms with van der Waals surface area (Å²) in [5.41, 5.74) is 0.0632. The van der Waals surface area contributed by atoms with E-state index in [2.05, 4.69) is 4.98 Å². The molecule has 98 valence electrons. The Bertz CT molecular complexity index is 438. The molecular formula is C13H16FNO3. The summed E-state index contributed by atoms with van der Waals surface area (Å²) in [5, 5.41) is 0. The minimum atomic E-state index is -0.625. The van der Waals surface area contributed by atoms with E-state index in [1.54, 1.807) is 6.07 Å². The predicted octanol–water partition coefficient (Wildman–Crippen LogP) is 2.28. The summed E-state index contributed by atoms with van der Waals surface area (Å²) in [6, 6.07) is 3.02. The van der Waals surface area contributed by atoms with E-state index >= 15 is 0 Å². The van der Waals surface area contributed by atoms with E-state index < -0.39 is 11.4 Å². The highest BCUT2D eigenvalue weighted by atomic mass is 19.1. The zero-order valence-electron chi connectivity index (χ0n) is 10.7. The average Bonchev–Trinajstić information content (AvgIpc) is 2.30. The molecule has 0 atom stereocenters. The van der Waals surface area contributed by atoms with Crippen molar-refractivity contribution in [3.63, 3.8) is 0 Å². The van der Waals surface area contributed by atoms with Gasteiger partial charge >= 0.3 is 6.15 Å². The SMILES string of the molecule is CCCC(=O)C(C)(C)c1ccnc(F)c1.O=C=O. The van der Waals surface area contributed by atoms with Crippen LogP contribution in [0.25, 0.3) is 0 Å². The highest BCUT2D eigenvalue weighted by Gasteiger charge is 2.28. The minimum Gasteiger partial charge on any atom is -0.299 e. The average molecular weight is 253 g/mol. The van der Waals surface area contributed by atoms with Crippen molar-refractivity contribution in [2.24, 2.45) is 0 Å². The number of halogens is 1. The molecule has 0 N–H and O–H groups in total. The second-order valence-corrected chi connectivity index (χ2v) is 4.25. The molecule has 1 aromatic heterocycles. The van der Waals surface area contributed by atoms with Crippen molar-refractivity contribution in [3.05, 3.63) is 29.8 Å². The molecule has 0 aliphatic heterocycles. The second-order valence-electron chi connectivity index (χ2n) is 4.25. The van der Waals surface area contributed by atoms with Crippen LogP contribution >= 0.6 is 0 Å². The molecule has 1 heterocycles. The fourth-order valence-electron chi connectivity index (χ4n) is 1.49. The van der Waals surface area contributed by atoms with Crippen LogP contribution in [0.4, 0.5) is 4.39 Å². The molecule has 0 spiro atoms. The number of carbonyl (C=O) groups is 1. The van der Waals surface area contributed by atoms with Crippen LogP contribution in [0.1, 0.15) is 39.2 Å². The highest BCUT2D eigenvalue weighted by Crippen LogP contribution is 2.25. The van der Waals surface area contributed by atoms with E-state index in [0.717, 1.165) is 6.42 Å². The van der Waals surface area contributed by atoms with Gasteiger partial charge in [0.15, 0.2) is 0 Å². The van der Waals surface area contributed by atoms with Crippen LogP contribution in [0.15, 0.2) is 18.3 Å². The van der Waals surface area contributed by atoms with Crippen LogP contribution in [-0.2, 0) is 19.8 Å². The van der Waals surface area contributed by atoms with Crippen LogP contribution in [0.5, 0.6) is 0 Å². The maximum Gasteiger partial charge on any atom is 0.373 e. The molecule has 4 nitrogen and oxygen atoms in total. The third-order valence-corrected chi connectivity index (χ3v) is 2.62. The molecule has 0 saturated carbocycles. The molecule has 1 rings (SSSR count). The summed E-state index contributed by atoms with van der Waals surface area (Å²) in [4.78, 5) is 31.6. The topological polar surface area (TPSA) is 64.1 Å². The summed E-state index contributed by atoms with van der Waals surface area (Å²) in [6.45, 7) is 5.60. The molecule has 0 aliphatic carbocycles. The molecular weight excluding hydrogens is 237 g/mol. The summed E-state index contributed by atoms with van der Waals surface area (Å²) in [6.07, 6.45) is 2.98. The maximum absolute atomic E-state index is 12.9. The van der Waals surface area contributed by atoms with E-state index in [4.69, 9.17) is 9.59 Å². The van der Waals surface area contributed by atoms with E-state index in [1.165, 1.54) is 12.3 Å². The molecule has 0 unspecified atom stereocenters. The van der Waals surface area contributed by atoms with Crippen molar-refractivity contribution in [2.45, 2.75) is 39.0 Å². The van der Waals surface area contributed by atoms with Crippen molar-refractivity contribution in [2.75, 3.05) is 0 Å². The molecule has 0 saturated heterocycles. The van der Waals surface area contributed by atoms with Crippen LogP contribution in [-0.4, -0.2) is 16.9 Å². The first-order valence-corrected chi connectivity index (χ1v) is 5.54. The number of ketones is 1. The molecule has 0 radical (unpaired) electrons. The van der Waals surface area contributed by atoms with Gasteiger partial charge in [0.05, 0.1) is 0 Å². The Kier molecular flexibility index (Phi) is 6.68. The Balaban J connectivity index is 0.000000873. The van der Waals surface area contributed by atoms with Gasteiger partial charge < -0.3 is 0 Å². The van der Waals surface area contributed by atoms with Gasteiger partial charge in [-0.05, 0) is 38.0 Å². The maximum atomic E-state index is 12.9. The zero-order valence-corrected chi connectivity index (χ0v) is 10.7. The Morgan fingerprint density at radius 1 is 1.44 bits per heavy atom. The van der Waals surface area contributed by atoms with Gasteiger partial charge in [0.1, 0.15) is 5.78 Å². The molecule has 0 amide bonds. The lowest BCUT2D eigenvalue weighted by Crippen LogP contribution is -2.28. The fourth-order valence-corrected chi connectivity index (χ4v) is 1.49. The van der Waals surface area contributed by atoms with Crippen LogP contribution in [0.2, 0.25) is 0 Å². The Labute approximate surface area is 105 Å². The standard InChI is InChI=1S/C12H16FNO.CO2/c1-4-5-10(15)12(2,3)9-6-7-14-11(13)8-9;2-1-3/h6-8H,4-5H2,1-3H3;. The van der Waals surface area contributed by atoms with Gasteiger partial charge in [-0.1, -0.05) is 6.92 Å². The Hall–Kier alpha value is -1.87. The number of carbonyl (C=O) groups excluding carboxylic acids is 3. The molecule has 5 heteroatoms. The number of hydrogen-bond donors (Lipinski definition) is 0. The number of rotatable bonds is 4. The monoisotopic (exact) mass is 253 g/mol. The summed E-state index contributed by atoms with van der Waals surface area (Å²) in [5.74, 6) is -0.402. The van der Waals surface area contributed by atoms with Crippen LogP contribution in [0, 0.1) is 5.95 Å². The summed E-state index contributed by atoms with van der Waals surface area (Å²) in [7, 11) is 0. The predicted molar refractivity (Wildman–Crippen MR) is 62.1 cm³/mol. The van der Waals surface area contributed by atoms with Gasteiger partial charge in [0.25, 0.3) is 0 Å². The van der Waals surface area contributed by atoms with E-state index in [0.29, 0.717) is 12.0 Å². The van der Waals surface area contributed by atoms with Crippen molar-refractivity contribution in [3.8, 4) is 0 Å². The zero-order chi connectivity index (χ0) is 14.2. The lowest BCUT2D eigenvalue weighted by atomic mass is 9.79. The number of hydrogen-bond acceptors (Lipinski definition) is 4. The van der Waals surface area contributed by atoms with Gasteiger partial charge in [-0.3, -0.25) is 4.79 Å². The first-order valence-electron chi connectivity index (χ1n) is 5.54. The third-order valence-electron chi connectivity index (χ3n) is 2.62. The number of aromatic nitrogens is 1. The molecule has 0 bridgehead atoms. The van der Waals surface area contributed by atoms with Crippen molar-refractivity contribution < 1.29 is 18.8 Å². The van der Waals surface area contributed by atoms with Gasteiger partial charge in [0.2, 0.25) is 5.95 Å².